The standard InChI is InChI=1S/C17H20N2O4S/c1-4-23-15-8-6-14(7-9-15)17(20)18-19-24(21,22)16-10-5-12(2)11-13(16)3/h5-11,19H,4H2,1-3H3,(H,18,20). The molecule has 2 aromatic carbocycles. The second-order valence-corrected chi connectivity index (χ2v) is 6.94. The quantitative estimate of drug-likeness (QED) is 0.785. The van der Waals surface area contributed by atoms with E-state index in [1.807, 2.05) is 13.8 Å². The first-order valence-electron chi connectivity index (χ1n) is 7.46. The van der Waals surface area contributed by atoms with E-state index >= 15 is 0 Å². The van der Waals surface area contributed by atoms with E-state index < -0.39 is 15.9 Å². The molecule has 6 nitrogen and oxygen atoms in total. The molecule has 2 rings (SSSR count). The van der Waals surface area contributed by atoms with Gasteiger partial charge in [0.05, 0.1) is 11.5 Å². The van der Waals surface area contributed by atoms with Crippen LogP contribution in [0.5, 0.6) is 5.75 Å². The van der Waals surface area contributed by atoms with Crippen molar-refractivity contribution >= 4 is 15.9 Å². The molecule has 0 heterocycles. The van der Waals surface area contributed by atoms with Gasteiger partial charge in [-0.25, -0.2) is 8.42 Å². The fourth-order valence-electron chi connectivity index (χ4n) is 2.21. The van der Waals surface area contributed by atoms with Crippen LogP contribution < -0.4 is 15.0 Å². The van der Waals surface area contributed by atoms with Gasteiger partial charge in [-0.1, -0.05) is 17.7 Å². The molecule has 24 heavy (non-hydrogen) atoms. The first-order valence-corrected chi connectivity index (χ1v) is 8.94. The molecule has 0 aromatic heterocycles. The molecule has 128 valence electrons. The summed E-state index contributed by atoms with van der Waals surface area (Å²) in [6, 6.07) is 11.4. The average Bonchev–Trinajstić information content (AvgIpc) is 2.53. The first kappa shape index (κ1) is 18.0. The number of hydrogen-bond acceptors (Lipinski definition) is 4. The van der Waals surface area contributed by atoms with Crippen LogP contribution in [0.1, 0.15) is 28.4 Å². The Bertz CT molecular complexity index is 830. The fraction of sp³-hybridized carbons (Fsp3) is 0.235. The van der Waals surface area contributed by atoms with Crippen LogP contribution in [0.25, 0.3) is 0 Å². The normalized spacial score (nSPS) is 11.1. The minimum atomic E-state index is -3.83. The van der Waals surface area contributed by atoms with E-state index in [1.165, 1.54) is 6.07 Å². The molecule has 7 heteroatoms. The average molecular weight is 348 g/mol. The Hall–Kier alpha value is -2.38. The molecule has 0 aliphatic rings. The first-order chi connectivity index (χ1) is 11.3. The van der Waals surface area contributed by atoms with Gasteiger partial charge in [-0.05, 0) is 56.7 Å². The third kappa shape index (κ3) is 4.33. The third-order valence-electron chi connectivity index (χ3n) is 3.35. The highest BCUT2D eigenvalue weighted by Gasteiger charge is 2.18. The van der Waals surface area contributed by atoms with Gasteiger partial charge < -0.3 is 4.74 Å². The van der Waals surface area contributed by atoms with E-state index in [0.29, 0.717) is 23.5 Å². The van der Waals surface area contributed by atoms with Crippen molar-refractivity contribution in [2.75, 3.05) is 6.61 Å². The van der Waals surface area contributed by atoms with Gasteiger partial charge in [-0.3, -0.25) is 10.2 Å². The Balaban J connectivity index is 2.07. The highest BCUT2D eigenvalue weighted by Crippen LogP contribution is 2.16. The second kappa shape index (κ2) is 7.46. The largest absolute Gasteiger partial charge is 0.494 e. The molecule has 0 saturated carbocycles. The van der Waals surface area contributed by atoms with Crippen molar-refractivity contribution in [2.24, 2.45) is 0 Å². The van der Waals surface area contributed by atoms with Gasteiger partial charge in [-0.15, -0.1) is 4.83 Å². The van der Waals surface area contributed by atoms with Crippen LogP contribution in [0.4, 0.5) is 0 Å². The third-order valence-corrected chi connectivity index (χ3v) is 4.75. The zero-order valence-corrected chi connectivity index (χ0v) is 14.6. The maximum Gasteiger partial charge on any atom is 0.266 e. The summed E-state index contributed by atoms with van der Waals surface area (Å²) in [4.78, 5) is 14.3. The summed E-state index contributed by atoms with van der Waals surface area (Å²) >= 11 is 0. The molecule has 0 atom stereocenters. The smallest absolute Gasteiger partial charge is 0.266 e. The van der Waals surface area contributed by atoms with Crippen molar-refractivity contribution in [3.05, 3.63) is 59.2 Å². The number of carbonyl (C=O) groups excluding carboxylic acids is 1. The summed E-state index contributed by atoms with van der Waals surface area (Å²) in [5.41, 5.74) is 4.11. The van der Waals surface area contributed by atoms with Gasteiger partial charge >= 0.3 is 0 Å². The minimum absolute atomic E-state index is 0.125. The van der Waals surface area contributed by atoms with Crippen LogP contribution in [0.2, 0.25) is 0 Å². The van der Waals surface area contributed by atoms with Crippen molar-refractivity contribution in [2.45, 2.75) is 25.7 Å². The zero-order valence-electron chi connectivity index (χ0n) is 13.8. The van der Waals surface area contributed by atoms with E-state index in [1.54, 1.807) is 43.3 Å². The summed E-state index contributed by atoms with van der Waals surface area (Å²) in [5.74, 6) is 0.0938. The van der Waals surface area contributed by atoms with Gasteiger partial charge in [0.2, 0.25) is 0 Å². The number of hydrazine groups is 1. The van der Waals surface area contributed by atoms with Gasteiger partial charge in [0.25, 0.3) is 15.9 Å². The Morgan fingerprint density at radius 3 is 2.33 bits per heavy atom. The van der Waals surface area contributed by atoms with Gasteiger partial charge in [-0.2, -0.15) is 0 Å². The number of rotatable bonds is 6. The lowest BCUT2D eigenvalue weighted by atomic mass is 10.2. The Kier molecular flexibility index (Phi) is 5.58. The van der Waals surface area contributed by atoms with Crippen LogP contribution in [0.15, 0.2) is 47.4 Å². The molecule has 0 aliphatic carbocycles. The molecule has 2 N–H and O–H groups in total. The molecule has 0 bridgehead atoms. The van der Waals surface area contributed by atoms with Crippen LogP contribution in [0.3, 0.4) is 0 Å². The summed E-state index contributed by atoms with van der Waals surface area (Å²) < 4.78 is 29.9. The summed E-state index contributed by atoms with van der Waals surface area (Å²) in [6.45, 7) is 5.98. The van der Waals surface area contributed by atoms with Crippen LogP contribution >= 0.6 is 0 Å². The van der Waals surface area contributed by atoms with Gasteiger partial charge in [0.1, 0.15) is 5.75 Å². The van der Waals surface area contributed by atoms with Crippen molar-refractivity contribution in [1.29, 1.82) is 0 Å². The molecule has 0 saturated heterocycles. The van der Waals surface area contributed by atoms with Gasteiger partial charge in [0.15, 0.2) is 0 Å². The molecule has 0 aliphatic heterocycles. The van der Waals surface area contributed by atoms with Crippen molar-refractivity contribution in [3.63, 3.8) is 0 Å². The molecule has 0 spiro atoms. The van der Waals surface area contributed by atoms with E-state index in [9.17, 15) is 13.2 Å². The molecule has 0 unspecified atom stereocenters. The Morgan fingerprint density at radius 2 is 1.75 bits per heavy atom. The van der Waals surface area contributed by atoms with E-state index in [-0.39, 0.29) is 4.90 Å². The van der Waals surface area contributed by atoms with E-state index in [4.69, 9.17) is 4.74 Å². The fourth-order valence-corrected chi connectivity index (χ4v) is 3.28. The number of carbonyl (C=O) groups is 1. The molecular weight excluding hydrogens is 328 g/mol. The number of hydrogen-bond donors (Lipinski definition) is 2. The number of nitrogens with one attached hydrogen (secondary N) is 2. The Labute approximate surface area is 141 Å². The zero-order chi connectivity index (χ0) is 17.7. The molecular formula is C17H20N2O4S. The number of benzene rings is 2. The van der Waals surface area contributed by atoms with E-state index in [0.717, 1.165) is 5.56 Å². The highest BCUT2D eigenvalue weighted by atomic mass is 32.2. The maximum atomic E-state index is 12.3. The SMILES string of the molecule is CCOc1ccc(C(=O)NNS(=O)(=O)c2ccc(C)cc2C)cc1. The monoisotopic (exact) mass is 348 g/mol. The predicted molar refractivity (Wildman–Crippen MR) is 91.3 cm³/mol. The molecule has 2 aromatic rings. The number of amides is 1. The minimum Gasteiger partial charge on any atom is -0.494 e. The lowest BCUT2D eigenvalue weighted by molar-refractivity contribution is 0.0945. The predicted octanol–water partition coefficient (Wildman–Crippen LogP) is 2.33. The number of ether oxygens (including phenoxy) is 1. The number of sulfonamides is 1. The van der Waals surface area contributed by atoms with Crippen LogP contribution in [0, 0.1) is 13.8 Å². The van der Waals surface area contributed by atoms with Crippen LogP contribution in [-0.2, 0) is 10.0 Å². The van der Waals surface area contributed by atoms with Crippen LogP contribution in [-0.4, -0.2) is 20.9 Å². The Morgan fingerprint density at radius 1 is 1.08 bits per heavy atom. The lowest BCUT2D eigenvalue weighted by Gasteiger charge is -2.11. The molecule has 0 fully saturated rings. The summed E-state index contributed by atoms with van der Waals surface area (Å²) in [7, 11) is -3.83. The summed E-state index contributed by atoms with van der Waals surface area (Å²) in [6.07, 6.45) is 0. The molecule has 1 amide bonds. The van der Waals surface area contributed by atoms with Gasteiger partial charge in [0, 0.05) is 5.56 Å². The molecule has 0 radical (unpaired) electrons. The topological polar surface area (TPSA) is 84.5 Å². The second-order valence-electron chi connectivity index (χ2n) is 5.29. The summed E-state index contributed by atoms with van der Waals surface area (Å²) in [5, 5.41) is 0. The van der Waals surface area contributed by atoms with Crippen molar-refractivity contribution in [1.82, 2.24) is 10.3 Å². The van der Waals surface area contributed by atoms with Crippen molar-refractivity contribution in [3.8, 4) is 5.75 Å². The van der Waals surface area contributed by atoms with E-state index in [2.05, 4.69) is 10.3 Å². The maximum absolute atomic E-state index is 12.3. The highest BCUT2D eigenvalue weighted by molar-refractivity contribution is 7.89. The number of aryl methyl sites for hydroxylation is 2. The van der Waals surface area contributed by atoms with Crippen molar-refractivity contribution < 1.29 is 17.9 Å². The lowest BCUT2D eigenvalue weighted by Crippen LogP contribution is -2.41.